The van der Waals surface area contributed by atoms with Crippen LogP contribution in [0.1, 0.15) is 46.5 Å². The van der Waals surface area contributed by atoms with Gasteiger partial charge < -0.3 is 9.30 Å². The van der Waals surface area contributed by atoms with Crippen LogP contribution in [-0.4, -0.2) is 32.4 Å². The summed E-state index contributed by atoms with van der Waals surface area (Å²) in [6, 6.07) is 13.8. The van der Waals surface area contributed by atoms with Crippen LogP contribution < -0.4 is 11.0 Å². The predicted octanol–water partition coefficient (Wildman–Crippen LogP) is 3.29. The van der Waals surface area contributed by atoms with Gasteiger partial charge in [-0.2, -0.15) is 4.99 Å². The highest BCUT2D eigenvalue weighted by Gasteiger charge is 2.20. The molecular formula is C25H24N4O4. The van der Waals surface area contributed by atoms with Gasteiger partial charge in [0.1, 0.15) is 16.9 Å². The van der Waals surface area contributed by atoms with E-state index >= 15 is 0 Å². The summed E-state index contributed by atoms with van der Waals surface area (Å²) in [5, 5.41) is 0.248. The van der Waals surface area contributed by atoms with Gasteiger partial charge in [-0.3, -0.25) is 14.0 Å². The quantitative estimate of drug-likeness (QED) is 0.348. The third-order valence-corrected chi connectivity index (χ3v) is 5.32. The highest BCUT2D eigenvalue weighted by molar-refractivity contribution is 5.98. The lowest BCUT2D eigenvalue weighted by molar-refractivity contribution is 0.0523. The Bertz CT molecular complexity index is 1510. The Kier molecular flexibility index (Phi) is 6.17. The van der Waals surface area contributed by atoms with Crippen LogP contribution in [0.25, 0.3) is 16.7 Å². The van der Waals surface area contributed by atoms with Gasteiger partial charge in [0.25, 0.3) is 11.5 Å². The van der Waals surface area contributed by atoms with E-state index in [0.29, 0.717) is 29.8 Å². The number of esters is 1. The molecule has 8 heteroatoms. The van der Waals surface area contributed by atoms with Crippen molar-refractivity contribution < 1.29 is 14.3 Å². The fraction of sp³-hybridized carbons (Fsp3) is 0.240. The lowest BCUT2D eigenvalue weighted by atomic mass is 10.1. The van der Waals surface area contributed by atoms with Gasteiger partial charge in [-0.1, -0.05) is 31.2 Å². The fourth-order valence-corrected chi connectivity index (χ4v) is 3.76. The molecule has 0 saturated carbocycles. The molecule has 1 aromatic carbocycles. The number of ether oxygens (including phenoxy) is 1. The zero-order valence-electron chi connectivity index (χ0n) is 18.7. The fourth-order valence-electron chi connectivity index (χ4n) is 3.76. The molecule has 0 aliphatic rings. The molecule has 3 aromatic heterocycles. The second kappa shape index (κ2) is 9.20. The Morgan fingerprint density at radius 3 is 2.55 bits per heavy atom. The molecule has 168 valence electrons. The number of pyridine rings is 2. The van der Waals surface area contributed by atoms with Crippen molar-refractivity contribution in [2.24, 2.45) is 4.99 Å². The van der Waals surface area contributed by atoms with Crippen molar-refractivity contribution in [3.05, 3.63) is 87.3 Å². The lowest BCUT2D eigenvalue weighted by Crippen LogP contribution is -2.32. The maximum Gasteiger partial charge on any atom is 0.341 e. The van der Waals surface area contributed by atoms with Crippen molar-refractivity contribution in [2.45, 2.75) is 33.7 Å². The Hall–Kier alpha value is -4.07. The highest BCUT2D eigenvalue weighted by atomic mass is 16.5. The number of carbonyl (C=O) groups excluding carboxylic acids is 2. The van der Waals surface area contributed by atoms with E-state index < -0.39 is 11.9 Å². The normalized spacial score (nSPS) is 11.8. The van der Waals surface area contributed by atoms with Crippen molar-refractivity contribution in [3.8, 4) is 0 Å². The first-order chi connectivity index (χ1) is 16.0. The SMILES string of the molecule is CCCn1c(=NC(=O)c2ccccc2C)c(C(=O)OCC)cc2c(=O)n3ccccc3nc21. The van der Waals surface area contributed by atoms with Crippen LogP contribution in [0.2, 0.25) is 0 Å². The number of rotatable bonds is 5. The monoisotopic (exact) mass is 444 g/mol. The van der Waals surface area contributed by atoms with Gasteiger partial charge in [-0.05, 0) is 50.1 Å². The van der Waals surface area contributed by atoms with Gasteiger partial charge in [0.15, 0.2) is 5.49 Å². The van der Waals surface area contributed by atoms with Crippen LogP contribution in [0.3, 0.4) is 0 Å². The number of aromatic nitrogens is 3. The Morgan fingerprint density at radius 2 is 1.82 bits per heavy atom. The maximum atomic E-state index is 13.2. The molecule has 0 spiro atoms. The predicted molar refractivity (Wildman–Crippen MR) is 124 cm³/mol. The molecule has 0 bridgehead atoms. The number of nitrogens with zero attached hydrogens (tertiary/aromatic N) is 4. The molecule has 3 heterocycles. The van der Waals surface area contributed by atoms with Gasteiger partial charge >= 0.3 is 5.97 Å². The number of carbonyl (C=O) groups is 2. The Labute approximate surface area is 189 Å². The summed E-state index contributed by atoms with van der Waals surface area (Å²) in [6.07, 6.45) is 2.29. The Balaban J connectivity index is 2.13. The molecule has 0 saturated heterocycles. The number of fused-ring (bicyclic) bond motifs is 2. The second-order valence-electron chi connectivity index (χ2n) is 7.57. The molecule has 0 unspecified atom stereocenters. The topological polar surface area (TPSA) is 95.0 Å². The van der Waals surface area contributed by atoms with E-state index in [4.69, 9.17) is 4.74 Å². The smallest absolute Gasteiger partial charge is 0.341 e. The lowest BCUT2D eigenvalue weighted by Gasteiger charge is -2.14. The summed E-state index contributed by atoms with van der Waals surface area (Å²) in [5.74, 6) is -1.14. The van der Waals surface area contributed by atoms with E-state index in [-0.39, 0.29) is 28.6 Å². The average Bonchev–Trinajstić information content (AvgIpc) is 2.81. The van der Waals surface area contributed by atoms with Crippen molar-refractivity contribution in [1.82, 2.24) is 14.0 Å². The zero-order chi connectivity index (χ0) is 23.5. The molecule has 0 aliphatic heterocycles. The summed E-state index contributed by atoms with van der Waals surface area (Å²) in [4.78, 5) is 48.3. The molecular weight excluding hydrogens is 420 g/mol. The number of amides is 1. The number of hydrogen-bond donors (Lipinski definition) is 0. The molecule has 0 N–H and O–H groups in total. The van der Waals surface area contributed by atoms with E-state index in [1.165, 1.54) is 10.5 Å². The van der Waals surface area contributed by atoms with Gasteiger partial charge in [-0.15, -0.1) is 0 Å². The van der Waals surface area contributed by atoms with Crippen LogP contribution >= 0.6 is 0 Å². The third kappa shape index (κ3) is 4.07. The molecule has 4 rings (SSSR count). The first-order valence-electron chi connectivity index (χ1n) is 10.8. The van der Waals surface area contributed by atoms with Gasteiger partial charge in [0.05, 0.1) is 12.0 Å². The average molecular weight is 444 g/mol. The molecule has 4 aromatic rings. The largest absolute Gasteiger partial charge is 0.462 e. The van der Waals surface area contributed by atoms with E-state index in [1.807, 2.05) is 26.0 Å². The van der Waals surface area contributed by atoms with Crippen LogP contribution in [0.15, 0.2) is 64.5 Å². The summed E-state index contributed by atoms with van der Waals surface area (Å²) in [5.41, 5.74) is 1.88. The number of aryl methyl sites for hydroxylation is 2. The van der Waals surface area contributed by atoms with E-state index in [0.717, 1.165) is 5.56 Å². The molecule has 1 amide bonds. The minimum absolute atomic E-state index is 0.0505. The van der Waals surface area contributed by atoms with Crippen LogP contribution in [0, 0.1) is 6.92 Å². The Morgan fingerprint density at radius 1 is 1.06 bits per heavy atom. The van der Waals surface area contributed by atoms with E-state index in [9.17, 15) is 14.4 Å². The maximum absolute atomic E-state index is 13.2. The van der Waals surface area contributed by atoms with E-state index in [1.54, 1.807) is 48.0 Å². The molecule has 8 nitrogen and oxygen atoms in total. The van der Waals surface area contributed by atoms with Crippen LogP contribution in [0.5, 0.6) is 0 Å². The molecule has 0 atom stereocenters. The number of benzene rings is 1. The van der Waals surface area contributed by atoms with Crippen molar-refractivity contribution >= 4 is 28.6 Å². The van der Waals surface area contributed by atoms with Gasteiger partial charge in [0, 0.05) is 18.3 Å². The summed E-state index contributed by atoms with van der Waals surface area (Å²) >= 11 is 0. The van der Waals surface area contributed by atoms with Crippen molar-refractivity contribution in [1.29, 1.82) is 0 Å². The first kappa shape index (κ1) is 22.1. The third-order valence-electron chi connectivity index (χ3n) is 5.32. The van der Waals surface area contributed by atoms with Gasteiger partial charge in [0.2, 0.25) is 0 Å². The standard InChI is InChI=1S/C25H24N4O4/c1-4-13-29-21-18(24(31)28-14-9-8-12-20(28)26-21)15-19(25(32)33-5-2)22(29)27-23(30)17-11-7-6-10-16(17)3/h6-12,14-15H,4-5,13H2,1-3H3. The highest BCUT2D eigenvalue weighted by Crippen LogP contribution is 2.13. The van der Waals surface area contributed by atoms with Crippen LogP contribution in [0.4, 0.5) is 0 Å². The summed E-state index contributed by atoms with van der Waals surface area (Å²) in [6.45, 7) is 6.02. The van der Waals surface area contributed by atoms with Crippen LogP contribution in [-0.2, 0) is 11.3 Å². The molecule has 0 radical (unpaired) electrons. The van der Waals surface area contributed by atoms with Crippen molar-refractivity contribution in [2.75, 3.05) is 6.61 Å². The minimum Gasteiger partial charge on any atom is -0.462 e. The van der Waals surface area contributed by atoms with E-state index in [2.05, 4.69) is 9.98 Å². The van der Waals surface area contributed by atoms with Gasteiger partial charge in [-0.25, -0.2) is 9.78 Å². The summed E-state index contributed by atoms with van der Waals surface area (Å²) < 4.78 is 8.31. The number of hydrogen-bond acceptors (Lipinski definition) is 5. The second-order valence-corrected chi connectivity index (χ2v) is 7.57. The zero-order valence-corrected chi connectivity index (χ0v) is 18.7. The molecule has 33 heavy (non-hydrogen) atoms. The van der Waals surface area contributed by atoms with Crippen molar-refractivity contribution in [3.63, 3.8) is 0 Å². The molecule has 0 fully saturated rings. The molecule has 0 aliphatic carbocycles. The first-order valence-corrected chi connectivity index (χ1v) is 10.8. The minimum atomic E-state index is -0.654. The summed E-state index contributed by atoms with van der Waals surface area (Å²) in [7, 11) is 0.